The van der Waals surface area contributed by atoms with E-state index in [4.69, 9.17) is 5.11 Å². The highest BCUT2D eigenvalue weighted by Crippen LogP contribution is 2.07. The zero-order chi connectivity index (χ0) is 12.7. The van der Waals surface area contributed by atoms with Crippen LogP contribution in [0.5, 0.6) is 0 Å². The zero-order valence-electron chi connectivity index (χ0n) is 10.1. The Hall–Kier alpha value is -1.48. The molecule has 3 heteroatoms. The van der Waals surface area contributed by atoms with Crippen molar-refractivity contribution in [3.8, 4) is 0 Å². The lowest BCUT2D eigenvalue weighted by molar-refractivity contribution is -0.118. The average molecular weight is 234 g/mol. The molecule has 17 heavy (non-hydrogen) atoms. The van der Waals surface area contributed by atoms with Gasteiger partial charge in [0.2, 0.25) is 0 Å². The Labute approximate surface area is 101 Å². The first kappa shape index (κ1) is 13.6. The van der Waals surface area contributed by atoms with Gasteiger partial charge in [-0.15, -0.1) is 0 Å². The average Bonchev–Trinajstić information content (AvgIpc) is 2.29. The standard InChI is InChI=1S/C14H18O3/c1-11(15)6-5-9-13(16)10-14(17)12-7-3-2-4-8-12/h2-4,7-8,11,15H,5-6,9-10H2,1H3. The van der Waals surface area contributed by atoms with Gasteiger partial charge in [0, 0.05) is 12.0 Å². The van der Waals surface area contributed by atoms with Crippen molar-refractivity contribution < 1.29 is 14.7 Å². The van der Waals surface area contributed by atoms with E-state index in [9.17, 15) is 9.59 Å². The van der Waals surface area contributed by atoms with E-state index >= 15 is 0 Å². The molecule has 0 spiro atoms. The van der Waals surface area contributed by atoms with Crippen LogP contribution in [0, 0.1) is 0 Å². The molecule has 0 fully saturated rings. The second-order valence-electron chi connectivity index (χ2n) is 4.25. The molecule has 0 bridgehead atoms. The summed E-state index contributed by atoms with van der Waals surface area (Å²) in [5, 5.41) is 9.05. The maximum Gasteiger partial charge on any atom is 0.170 e. The predicted molar refractivity (Wildman–Crippen MR) is 65.9 cm³/mol. The van der Waals surface area contributed by atoms with Gasteiger partial charge in [-0.3, -0.25) is 9.59 Å². The van der Waals surface area contributed by atoms with E-state index in [0.717, 1.165) is 0 Å². The van der Waals surface area contributed by atoms with Crippen molar-refractivity contribution >= 4 is 11.6 Å². The van der Waals surface area contributed by atoms with Gasteiger partial charge in [-0.1, -0.05) is 30.3 Å². The van der Waals surface area contributed by atoms with Crippen LogP contribution in [0.25, 0.3) is 0 Å². The molecular formula is C14H18O3. The van der Waals surface area contributed by atoms with Gasteiger partial charge in [-0.2, -0.15) is 0 Å². The monoisotopic (exact) mass is 234 g/mol. The number of ketones is 2. The molecule has 1 unspecified atom stereocenters. The SMILES string of the molecule is CC(O)CCCC(=O)CC(=O)c1ccccc1. The lowest BCUT2D eigenvalue weighted by atomic mass is 10.0. The van der Waals surface area contributed by atoms with Gasteiger partial charge >= 0.3 is 0 Å². The second-order valence-corrected chi connectivity index (χ2v) is 4.25. The minimum absolute atomic E-state index is 0.0379. The molecule has 0 aliphatic carbocycles. The lowest BCUT2D eigenvalue weighted by Gasteiger charge is -2.03. The maximum atomic E-state index is 11.7. The van der Waals surface area contributed by atoms with Crippen LogP contribution in [0.1, 0.15) is 43.0 Å². The van der Waals surface area contributed by atoms with Gasteiger partial charge in [0.25, 0.3) is 0 Å². The molecule has 3 nitrogen and oxygen atoms in total. The zero-order valence-corrected chi connectivity index (χ0v) is 10.1. The number of rotatable bonds is 7. The van der Waals surface area contributed by atoms with Gasteiger partial charge in [-0.25, -0.2) is 0 Å². The Bertz CT molecular complexity index is 368. The van der Waals surface area contributed by atoms with Gasteiger partial charge < -0.3 is 5.11 Å². The van der Waals surface area contributed by atoms with E-state index in [0.29, 0.717) is 24.8 Å². The molecule has 0 radical (unpaired) electrons. The highest BCUT2D eigenvalue weighted by molar-refractivity contribution is 6.07. The molecule has 0 aliphatic rings. The first-order valence-electron chi connectivity index (χ1n) is 5.87. The third kappa shape index (κ3) is 5.41. The molecule has 1 aromatic carbocycles. The smallest absolute Gasteiger partial charge is 0.170 e. The summed E-state index contributed by atoms with van der Waals surface area (Å²) in [6.45, 7) is 1.69. The summed E-state index contributed by atoms with van der Waals surface area (Å²) in [5.74, 6) is -0.188. The van der Waals surface area contributed by atoms with Crippen LogP contribution in [0.4, 0.5) is 0 Å². The van der Waals surface area contributed by atoms with E-state index in [1.165, 1.54) is 0 Å². The van der Waals surface area contributed by atoms with Crippen LogP contribution in [-0.2, 0) is 4.79 Å². The van der Waals surface area contributed by atoms with Gasteiger partial charge in [0.15, 0.2) is 5.78 Å². The molecule has 0 amide bonds. The second kappa shape index (κ2) is 6.97. The van der Waals surface area contributed by atoms with Crippen LogP contribution in [0.15, 0.2) is 30.3 Å². The topological polar surface area (TPSA) is 54.4 Å². The molecule has 92 valence electrons. The molecule has 1 atom stereocenters. The Morgan fingerprint density at radius 3 is 2.47 bits per heavy atom. The molecule has 1 rings (SSSR count). The highest BCUT2D eigenvalue weighted by atomic mass is 16.3. The van der Waals surface area contributed by atoms with Crippen molar-refractivity contribution in [2.45, 2.75) is 38.7 Å². The molecule has 1 aromatic rings. The summed E-state index contributed by atoms with van der Waals surface area (Å²) in [5.41, 5.74) is 0.580. The third-order valence-corrected chi connectivity index (χ3v) is 2.53. The number of carbonyl (C=O) groups excluding carboxylic acids is 2. The number of aliphatic hydroxyl groups is 1. The van der Waals surface area contributed by atoms with Crippen molar-refractivity contribution in [3.63, 3.8) is 0 Å². The van der Waals surface area contributed by atoms with Crippen molar-refractivity contribution in [1.29, 1.82) is 0 Å². The first-order chi connectivity index (χ1) is 8.09. The maximum absolute atomic E-state index is 11.7. The van der Waals surface area contributed by atoms with Gasteiger partial charge in [0.05, 0.1) is 12.5 Å². The van der Waals surface area contributed by atoms with E-state index in [1.54, 1.807) is 31.2 Å². The van der Waals surface area contributed by atoms with Crippen molar-refractivity contribution in [3.05, 3.63) is 35.9 Å². The Balaban J connectivity index is 2.34. The summed E-state index contributed by atoms with van der Waals surface area (Å²) in [6.07, 6.45) is 1.18. The summed E-state index contributed by atoms with van der Waals surface area (Å²) < 4.78 is 0. The molecule has 0 aliphatic heterocycles. The van der Waals surface area contributed by atoms with Crippen LogP contribution in [0.2, 0.25) is 0 Å². The Morgan fingerprint density at radius 1 is 1.24 bits per heavy atom. The predicted octanol–water partition coefficient (Wildman–Crippen LogP) is 2.38. The summed E-state index contributed by atoms with van der Waals surface area (Å²) in [4.78, 5) is 23.2. The molecule has 1 N–H and O–H groups in total. The molecule has 0 aromatic heterocycles. The fourth-order valence-corrected chi connectivity index (χ4v) is 1.59. The molecule has 0 saturated heterocycles. The van der Waals surface area contributed by atoms with Gasteiger partial charge in [-0.05, 0) is 19.8 Å². The normalized spacial score (nSPS) is 12.1. The lowest BCUT2D eigenvalue weighted by Crippen LogP contribution is -2.09. The minimum atomic E-state index is -0.382. The fourth-order valence-electron chi connectivity index (χ4n) is 1.59. The number of carbonyl (C=O) groups is 2. The van der Waals surface area contributed by atoms with Crippen molar-refractivity contribution in [2.24, 2.45) is 0 Å². The molecular weight excluding hydrogens is 216 g/mol. The van der Waals surface area contributed by atoms with E-state index in [1.807, 2.05) is 6.07 Å². The minimum Gasteiger partial charge on any atom is -0.393 e. The van der Waals surface area contributed by atoms with Crippen LogP contribution >= 0.6 is 0 Å². The van der Waals surface area contributed by atoms with Crippen LogP contribution in [0.3, 0.4) is 0 Å². The number of aliphatic hydroxyl groups excluding tert-OH is 1. The summed E-state index contributed by atoms with van der Waals surface area (Å²) in [7, 11) is 0. The molecule has 0 saturated carbocycles. The Kier molecular flexibility index (Phi) is 5.57. The first-order valence-corrected chi connectivity index (χ1v) is 5.87. The van der Waals surface area contributed by atoms with E-state index in [-0.39, 0.29) is 24.1 Å². The largest absolute Gasteiger partial charge is 0.393 e. The third-order valence-electron chi connectivity index (χ3n) is 2.53. The van der Waals surface area contributed by atoms with Gasteiger partial charge in [0.1, 0.15) is 5.78 Å². The number of benzene rings is 1. The van der Waals surface area contributed by atoms with Crippen molar-refractivity contribution in [2.75, 3.05) is 0 Å². The van der Waals surface area contributed by atoms with Crippen molar-refractivity contribution in [1.82, 2.24) is 0 Å². The Morgan fingerprint density at radius 2 is 1.88 bits per heavy atom. The fraction of sp³-hybridized carbons (Fsp3) is 0.429. The highest BCUT2D eigenvalue weighted by Gasteiger charge is 2.11. The summed E-state index contributed by atoms with van der Waals surface area (Å²) >= 11 is 0. The molecule has 0 heterocycles. The summed E-state index contributed by atoms with van der Waals surface area (Å²) in [6, 6.07) is 8.83. The quantitative estimate of drug-likeness (QED) is 0.582. The number of hydrogen-bond donors (Lipinski definition) is 1. The van der Waals surface area contributed by atoms with E-state index in [2.05, 4.69) is 0 Å². The number of hydrogen-bond acceptors (Lipinski definition) is 3. The van der Waals surface area contributed by atoms with Crippen LogP contribution < -0.4 is 0 Å². The number of Topliss-reactive ketones (excluding diaryl/α,β-unsaturated/α-hetero) is 2. The van der Waals surface area contributed by atoms with E-state index < -0.39 is 0 Å². The van der Waals surface area contributed by atoms with Crippen LogP contribution in [-0.4, -0.2) is 22.8 Å².